The summed E-state index contributed by atoms with van der Waals surface area (Å²) in [5.74, 6) is 0.121. The van der Waals surface area contributed by atoms with E-state index in [1.807, 2.05) is 0 Å². The normalized spacial score (nSPS) is 10.1. The Morgan fingerprint density at radius 1 is 1.20 bits per heavy atom. The number of rotatable bonds is 3. The van der Waals surface area contributed by atoms with Crippen LogP contribution in [0.5, 0.6) is 5.75 Å². The third-order valence-electron chi connectivity index (χ3n) is 2.75. The van der Waals surface area contributed by atoms with Crippen molar-refractivity contribution in [2.75, 3.05) is 20.0 Å². The lowest BCUT2D eigenvalue weighted by Gasteiger charge is -2.06. The van der Waals surface area contributed by atoms with Crippen LogP contribution in [-0.4, -0.2) is 20.2 Å². The van der Waals surface area contributed by atoms with E-state index >= 15 is 0 Å². The predicted octanol–water partition coefficient (Wildman–Crippen LogP) is 1.68. The number of ether oxygens (including phenoxy) is 2. The van der Waals surface area contributed by atoms with Gasteiger partial charge >= 0.3 is 11.6 Å². The fourth-order valence-corrected chi connectivity index (χ4v) is 1.71. The van der Waals surface area contributed by atoms with Gasteiger partial charge in [0.2, 0.25) is 0 Å². The molecule has 0 radical (unpaired) electrons. The van der Waals surface area contributed by atoms with Gasteiger partial charge in [0.15, 0.2) is 5.56 Å². The summed E-state index contributed by atoms with van der Waals surface area (Å²) in [6.45, 7) is 0. The van der Waals surface area contributed by atoms with Crippen molar-refractivity contribution in [1.82, 2.24) is 0 Å². The minimum absolute atomic E-state index is 0.0129. The van der Waals surface area contributed by atoms with Gasteiger partial charge in [-0.3, -0.25) is 0 Å². The summed E-state index contributed by atoms with van der Waals surface area (Å²) in [6, 6.07) is 8.29. The minimum Gasteiger partial charge on any atom is -0.497 e. The molecule has 104 valence electrons. The highest BCUT2D eigenvalue weighted by Crippen LogP contribution is 2.24. The standard InChI is InChI=1S/C14H13NO5/c1-18-9-5-3-8(4-6-9)11-7-10(15)12(13(16)19-2)14(17)20-11/h3-7H,15H2,1-2H3. The average molecular weight is 275 g/mol. The number of nitrogens with two attached hydrogens (primary N) is 1. The fraction of sp³-hybridized carbons (Fsp3) is 0.143. The molecule has 1 heterocycles. The number of nitrogen functional groups attached to an aromatic ring is 1. The summed E-state index contributed by atoms with van der Waals surface area (Å²) in [5, 5.41) is 0. The highest BCUT2D eigenvalue weighted by atomic mass is 16.5. The fourth-order valence-electron chi connectivity index (χ4n) is 1.71. The van der Waals surface area contributed by atoms with Crippen LogP contribution in [0.2, 0.25) is 0 Å². The highest BCUT2D eigenvalue weighted by molar-refractivity contribution is 5.94. The Morgan fingerprint density at radius 3 is 2.35 bits per heavy atom. The SMILES string of the molecule is COC(=O)c1c(N)cc(-c2ccc(OC)cc2)oc1=O. The molecule has 6 nitrogen and oxygen atoms in total. The van der Waals surface area contributed by atoms with Gasteiger partial charge in [0.05, 0.1) is 19.9 Å². The Kier molecular flexibility index (Phi) is 3.74. The molecular formula is C14H13NO5. The first-order valence-electron chi connectivity index (χ1n) is 5.73. The van der Waals surface area contributed by atoms with Gasteiger partial charge in [0.25, 0.3) is 0 Å². The first kappa shape index (κ1) is 13.7. The van der Waals surface area contributed by atoms with Gasteiger partial charge in [0.1, 0.15) is 11.5 Å². The Balaban J connectivity index is 2.49. The molecule has 0 amide bonds. The second kappa shape index (κ2) is 5.48. The predicted molar refractivity (Wildman–Crippen MR) is 72.7 cm³/mol. The quantitative estimate of drug-likeness (QED) is 0.857. The monoisotopic (exact) mass is 275 g/mol. The first-order chi connectivity index (χ1) is 9.56. The van der Waals surface area contributed by atoms with E-state index in [0.29, 0.717) is 11.3 Å². The molecule has 2 aromatic rings. The molecule has 0 bridgehead atoms. The van der Waals surface area contributed by atoms with Crippen molar-refractivity contribution in [3.63, 3.8) is 0 Å². The summed E-state index contributed by atoms with van der Waals surface area (Å²) in [5.41, 5.74) is 5.23. The largest absolute Gasteiger partial charge is 0.497 e. The van der Waals surface area contributed by atoms with E-state index in [2.05, 4.69) is 4.74 Å². The number of carbonyl (C=O) groups excluding carboxylic acids is 1. The zero-order valence-electron chi connectivity index (χ0n) is 11.0. The smallest absolute Gasteiger partial charge is 0.353 e. The third-order valence-corrected chi connectivity index (χ3v) is 2.75. The van der Waals surface area contributed by atoms with Crippen molar-refractivity contribution < 1.29 is 18.7 Å². The Morgan fingerprint density at radius 2 is 1.85 bits per heavy atom. The maximum atomic E-state index is 11.8. The molecule has 1 aromatic carbocycles. The van der Waals surface area contributed by atoms with Crippen LogP contribution in [0.1, 0.15) is 10.4 Å². The molecule has 20 heavy (non-hydrogen) atoms. The lowest BCUT2D eigenvalue weighted by atomic mass is 10.1. The number of hydrogen-bond donors (Lipinski definition) is 1. The van der Waals surface area contributed by atoms with E-state index in [1.54, 1.807) is 31.4 Å². The number of esters is 1. The minimum atomic E-state index is -0.831. The van der Waals surface area contributed by atoms with E-state index in [1.165, 1.54) is 13.2 Å². The van der Waals surface area contributed by atoms with Crippen LogP contribution in [0.15, 0.2) is 39.5 Å². The van der Waals surface area contributed by atoms with Gasteiger partial charge in [-0.1, -0.05) is 0 Å². The van der Waals surface area contributed by atoms with Crippen molar-refractivity contribution in [3.8, 4) is 17.1 Å². The lowest BCUT2D eigenvalue weighted by molar-refractivity contribution is 0.0597. The summed E-state index contributed by atoms with van der Waals surface area (Å²) in [4.78, 5) is 23.2. The molecular weight excluding hydrogens is 262 g/mol. The third kappa shape index (κ3) is 2.49. The van der Waals surface area contributed by atoms with Crippen LogP contribution in [0.25, 0.3) is 11.3 Å². The Bertz CT molecular complexity index is 688. The summed E-state index contributed by atoms with van der Waals surface area (Å²) in [7, 11) is 2.72. The molecule has 2 N–H and O–H groups in total. The average Bonchev–Trinajstić information content (AvgIpc) is 2.46. The molecule has 0 unspecified atom stereocenters. The van der Waals surface area contributed by atoms with E-state index < -0.39 is 11.6 Å². The van der Waals surface area contributed by atoms with Crippen LogP contribution in [0, 0.1) is 0 Å². The molecule has 0 aliphatic carbocycles. The van der Waals surface area contributed by atoms with Gasteiger partial charge in [-0.15, -0.1) is 0 Å². The molecule has 0 aliphatic heterocycles. The topological polar surface area (TPSA) is 91.8 Å². The van der Waals surface area contributed by atoms with Gasteiger partial charge in [0, 0.05) is 11.6 Å². The van der Waals surface area contributed by atoms with Crippen molar-refractivity contribution >= 4 is 11.7 Å². The van der Waals surface area contributed by atoms with Crippen molar-refractivity contribution in [3.05, 3.63) is 46.3 Å². The van der Waals surface area contributed by atoms with Crippen LogP contribution in [0.4, 0.5) is 5.69 Å². The molecule has 1 aromatic heterocycles. The van der Waals surface area contributed by atoms with E-state index in [-0.39, 0.29) is 17.0 Å². The highest BCUT2D eigenvalue weighted by Gasteiger charge is 2.18. The van der Waals surface area contributed by atoms with Gasteiger partial charge in [-0.05, 0) is 24.3 Å². The molecule has 6 heteroatoms. The Labute approximate surface area is 114 Å². The summed E-state index contributed by atoms with van der Waals surface area (Å²) >= 11 is 0. The maximum Gasteiger partial charge on any atom is 0.353 e. The molecule has 0 saturated heterocycles. The molecule has 0 aliphatic rings. The van der Waals surface area contributed by atoms with Crippen molar-refractivity contribution in [2.24, 2.45) is 0 Å². The van der Waals surface area contributed by atoms with Crippen molar-refractivity contribution in [1.29, 1.82) is 0 Å². The van der Waals surface area contributed by atoms with E-state index in [4.69, 9.17) is 14.9 Å². The molecule has 0 fully saturated rings. The molecule has 0 spiro atoms. The van der Waals surface area contributed by atoms with Crippen LogP contribution in [0.3, 0.4) is 0 Å². The van der Waals surface area contributed by atoms with Crippen molar-refractivity contribution in [2.45, 2.75) is 0 Å². The van der Waals surface area contributed by atoms with Crippen LogP contribution >= 0.6 is 0 Å². The van der Waals surface area contributed by atoms with E-state index in [9.17, 15) is 9.59 Å². The van der Waals surface area contributed by atoms with E-state index in [0.717, 1.165) is 0 Å². The lowest BCUT2D eigenvalue weighted by Crippen LogP contribution is -2.18. The zero-order valence-corrected chi connectivity index (χ0v) is 11.0. The second-order valence-electron chi connectivity index (χ2n) is 3.95. The van der Waals surface area contributed by atoms with Gasteiger partial charge < -0.3 is 19.6 Å². The number of methoxy groups -OCH3 is 2. The number of benzene rings is 1. The number of hydrogen-bond acceptors (Lipinski definition) is 6. The molecule has 0 saturated carbocycles. The van der Waals surface area contributed by atoms with Gasteiger partial charge in [-0.25, -0.2) is 9.59 Å². The van der Waals surface area contributed by atoms with Crippen LogP contribution in [-0.2, 0) is 4.74 Å². The van der Waals surface area contributed by atoms with Crippen LogP contribution < -0.4 is 16.1 Å². The maximum absolute atomic E-state index is 11.8. The number of carbonyl (C=O) groups is 1. The second-order valence-corrected chi connectivity index (χ2v) is 3.95. The zero-order chi connectivity index (χ0) is 14.7. The summed E-state index contributed by atoms with van der Waals surface area (Å²) in [6.07, 6.45) is 0. The number of anilines is 1. The first-order valence-corrected chi connectivity index (χ1v) is 5.73. The molecule has 0 atom stereocenters. The Hall–Kier alpha value is -2.76. The summed E-state index contributed by atoms with van der Waals surface area (Å²) < 4.78 is 14.6. The van der Waals surface area contributed by atoms with Gasteiger partial charge in [-0.2, -0.15) is 0 Å². The molecule has 2 rings (SSSR count).